The Hall–Kier alpha value is -3.29. The lowest BCUT2D eigenvalue weighted by Gasteiger charge is -2.15. The Morgan fingerprint density at radius 2 is 2.11 bits per heavy atom. The highest BCUT2D eigenvalue weighted by atomic mass is 16.5. The Morgan fingerprint density at radius 3 is 2.85 bits per heavy atom. The van der Waals surface area contributed by atoms with Crippen LogP contribution in [0.3, 0.4) is 0 Å². The first-order valence-electron chi connectivity index (χ1n) is 8.85. The number of nitrogens with zero attached hydrogens (tertiary/aromatic N) is 5. The summed E-state index contributed by atoms with van der Waals surface area (Å²) in [6, 6.07) is 7.62. The second kappa shape index (κ2) is 7.14. The van der Waals surface area contributed by atoms with Crippen LogP contribution in [0.1, 0.15) is 19.1 Å². The minimum absolute atomic E-state index is 0.0917. The number of anilines is 1. The van der Waals surface area contributed by atoms with Crippen molar-refractivity contribution in [3.63, 3.8) is 0 Å². The molecule has 0 aromatic carbocycles. The summed E-state index contributed by atoms with van der Waals surface area (Å²) in [5.74, 6) is 1.29. The summed E-state index contributed by atoms with van der Waals surface area (Å²) in [5.41, 5.74) is 2.90. The summed E-state index contributed by atoms with van der Waals surface area (Å²) < 4.78 is 5.40. The molecule has 1 amide bonds. The van der Waals surface area contributed by atoms with Crippen LogP contribution < -0.4 is 5.32 Å². The molecule has 0 unspecified atom stereocenters. The number of amides is 1. The molecule has 0 radical (unpaired) electrons. The van der Waals surface area contributed by atoms with Crippen LogP contribution in [0, 0.1) is 6.92 Å². The van der Waals surface area contributed by atoms with Crippen molar-refractivity contribution in [2.45, 2.75) is 26.3 Å². The summed E-state index contributed by atoms with van der Waals surface area (Å²) in [6.07, 6.45) is 4.30. The van der Waals surface area contributed by atoms with Crippen LogP contribution in [0.4, 0.5) is 5.95 Å². The number of carbonyl (C=O) groups is 1. The van der Waals surface area contributed by atoms with E-state index in [1.54, 1.807) is 19.3 Å². The molecule has 3 aromatic rings. The molecule has 27 heavy (non-hydrogen) atoms. The molecule has 8 heteroatoms. The van der Waals surface area contributed by atoms with Gasteiger partial charge in [-0.2, -0.15) is 0 Å². The number of pyridine rings is 1. The van der Waals surface area contributed by atoms with Crippen LogP contribution >= 0.6 is 0 Å². The van der Waals surface area contributed by atoms with Gasteiger partial charge >= 0.3 is 0 Å². The van der Waals surface area contributed by atoms with Crippen molar-refractivity contribution in [1.29, 1.82) is 0 Å². The van der Waals surface area contributed by atoms with Crippen LogP contribution in [0.5, 0.6) is 0 Å². The van der Waals surface area contributed by atoms with E-state index in [2.05, 4.69) is 25.4 Å². The molecule has 0 saturated carbocycles. The third-order valence-corrected chi connectivity index (χ3v) is 4.65. The molecule has 1 aliphatic heterocycles. The summed E-state index contributed by atoms with van der Waals surface area (Å²) >= 11 is 0. The molecule has 8 nitrogen and oxygen atoms in total. The van der Waals surface area contributed by atoms with E-state index in [1.165, 1.54) is 0 Å². The lowest BCUT2D eigenvalue weighted by atomic mass is 10.1. The molecule has 1 aliphatic rings. The summed E-state index contributed by atoms with van der Waals surface area (Å²) in [4.78, 5) is 26.7. The average molecular weight is 364 g/mol. The Labute approximate surface area is 156 Å². The molecule has 0 spiro atoms. The number of nitrogens with one attached hydrogen (secondary N) is 1. The Balaban J connectivity index is 1.61. The molecule has 1 N–H and O–H groups in total. The van der Waals surface area contributed by atoms with Crippen molar-refractivity contribution in [2.75, 3.05) is 18.4 Å². The highest BCUT2D eigenvalue weighted by Gasteiger charge is 2.25. The lowest BCUT2D eigenvalue weighted by molar-refractivity contribution is -0.127. The molecule has 1 atom stereocenters. The zero-order valence-electron chi connectivity index (χ0n) is 15.2. The van der Waals surface area contributed by atoms with E-state index in [0.29, 0.717) is 29.6 Å². The fourth-order valence-corrected chi connectivity index (χ4v) is 3.27. The number of aromatic nitrogens is 4. The van der Waals surface area contributed by atoms with Gasteiger partial charge in [0.1, 0.15) is 11.5 Å². The first-order valence-corrected chi connectivity index (χ1v) is 8.85. The fourth-order valence-electron chi connectivity index (χ4n) is 3.27. The Bertz CT molecular complexity index is 956. The normalized spacial score (nSPS) is 16.5. The van der Waals surface area contributed by atoms with Gasteiger partial charge in [-0.25, -0.2) is 9.97 Å². The maximum absolute atomic E-state index is 11.5. The van der Waals surface area contributed by atoms with Crippen LogP contribution in [0.15, 0.2) is 41.2 Å². The van der Waals surface area contributed by atoms with Gasteiger partial charge in [0, 0.05) is 38.4 Å². The van der Waals surface area contributed by atoms with Crippen LogP contribution in [-0.4, -0.2) is 50.0 Å². The van der Waals surface area contributed by atoms with Gasteiger partial charge in [0.15, 0.2) is 0 Å². The summed E-state index contributed by atoms with van der Waals surface area (Å²) in [7, 11) is 0. The Morgan fingerprint density at radius 1 is 1.22 bits per heavy atom. The van der Waals surface area contributed by atoms with Crippen molar-refractivity contribution in [1.82, 2.24) is 25.0 Å². The number of aryl methyl sites for hydroxylation is 1. The smallest absolute Gasteiger partial charge is 0.223 e. The van der Waals surface area contributed by atoms with E-state index in [0.717, 1.165) is 24.2 Å². The molecule has 4 rings (SSSR count). The maximum atomic E-state index is 11.5. The van der Waals surface area contributed by atoms with Crippen LogP contribution in [0.2, 0.25) is 0 Å². The third-order valence-electron chi connectivity index (χ3n) is 4.65. The zero-order chi connectivity index (χ0) is 18.8. The molecule has 4 heterocycles. The number of hydrogen-bond acceptors (Lipinski definition) is 7. The van der Waals surface area contributed by atoms with Gasteiger partial charge in [-0.1, -0.05) is 11.2 Å². The van der Waals surface area contributed by atoms with E-state index in [9.17, 15) is 4.79 Å². The van der Waals surface area contributed by atoms with Gasteiger partial charge in [0.05, 0.1) is 17.0 Å². The minimum atomic E-state index is 0.0917. The summed E-state index contributed by atoms with van der Waals surface area (Å²) in [5, 5.41) is 7.49. The predicted molar refractivity (Wildman–Crippen MR) is 99.8 cm³/mol. The number of rotatable bonds is 4. The SMILES string of the molecule is CC(=O)N1CC[C@@H](Nc2nccc(-c3c(-c4ccccn4)noc3C)n2)C1. The largest absolute Gasteiger partial charge is 0.360 e. The van der Waals surface area contributed by atoms with E-state index in [-0.39, 0.29) is 11.9 Å². The molecule has 3 aromatic heterocycles. The van der Waals surface area contributed by atoms with Gasteiger partial charge in [0.25, 0.3) is 0 Å². The average Bonchev–Trinajstić information content (AvgIpc) is 3.29. The van der Waals surface area contributed by atoms with Crippen molar-refractivity contribution >= 4 is 11.9 Å². The van der Waals surface area contributed by atoms with Gasteiger partial charge in [-0.05, 0) is 31.5 Å². The van der Waals surface area contributed by atoms with Gasteiger partial charge < -0.3 is 14.7 Å². The van der Waals surface area contributed by atoms with Gasteiger partial charge in [-0.15, -0.1) is 0 Å². The molecule has 1 saturated heterocycles. The van der Waals surface area contributed by atoms with E-state index < -0.39 is 0 Å². The highest BCUT2D eigenvalue weighted by molar-refractivity contribution is 5.78. The van der Waals surface area contributed by atoms with Crippen molar-refractivity contribution in [3.05, 3.63) is 42.4 Å². The van der Waals surface area contributed by atoms with Crippen molar-refractivity contribution in [3.8, 4) is 22.6 Å². The maximum Gasteiger partial charge on any atom is 0.223 e. The second-order valence-corrected chi connectivity index (χ2v) is 6.54. The quantitative estimate of drug-likeness (QED) is 0.760. The molecular formula is C19H20N6O2. The topological polar surface area (TPSA) is 97.0 Å². The van der Waals surface area contributed by atoms with Crippen LogP contribution in [0.25, 0.3) is 22.6 Å². The third kappa shape index (κ3) is 3.51. The standard InChI is InChI=1S/C19H20N6O2/c1-12-17(18(24-27-12)16-5-3-4-8-20-16)15-6-9-21-19(23-15)22-14-7-10-25(11-14)13(2)26/h3-6,8-9,14H,7,10-11H2,1-2H3,(H,21,22,23)/t14-/m1/s1. The van der Waals surface area contributed by atoms with E-state index in [1.807, 2.05) is 36.1 Å². The number of likely N-dealkylation sites (tertiary alicyclic amines) is 1. The molecule has 0 aliphatic carbocycles. The fraction of sp³-hybridized carbons (Fsp3) is 0.316. The molecule has 0 bridgehead atoms. The van der Waals surface area contributed by atoms with Gasteiger partial charge in [0.2, 0.25) is 11.9 Å². The van der Waals surface area contributed by atoms with Gasteiger partial charge in [-0.3, -0.25) is 9.78 Å². The molecule has 1 fully saturated rings. The second-order valence-electron chi connectivity index (χ2n) is 6.54. The number of hydrogen-bond donors (Lipinski definition) is 1. The zero-order valence-corrected chi connectivity index (χ0v) is 15.2. The lowest BCUT2D eigenvalue weighted by Crippen LogP contribution is -2.30. The van der Waals surface area contributed by atoms with Crippen LogP contribution in [-0.2, 0) is 4.79 Å². The monoisotopic (exact) mass is 364 g/mol. The highest BCUT2D eigenvalue weighted by Crippen LogP contribution is 2.32. The number of carbonyl (C=O) groups excluding carboxylic acids is 1. The van der Waals surface area contributed by atoms with E-state index >= 15 is 0 Å². The molecular weight excluding hydrogens is 344 g/mol. The van der Waals surface area contributed by atoms with Crippen molar-refractivity contribution in [2.24, 2.45) is 0 Å². The minimum Gasteiger partial charge on any atom is -0.360 e. The first-order chi connectivity index (χ1) is 13.1. The Kier molecular flexibility index (Phi) is 4.53. The predicted octanol–water partition coefficient (Wildman–Crippen LogP) is 2.53. The first kappa shape index (κ1) is 17.1. The van der Waals surface area contributed by atoms with E-state index in [4.69, 9.17) is 4.52 Å². The summed E-state index contributed by atoms with van der Waals surface area (Å²) in [6.45, 7) is 4.86. The molecule has 138 valence electrons. The van der Waals surface area contributed by atoms with Crippen molar-refractivity contribution < 1.29 is 9.32 Å².